The summed E-state index contributed by atoms with van der Waals surface area (Å²) in [5.41, 5.74) is -0.754. The van der Waals surface area contributed by atoms with E-state index in [0.717, 1.165) is 17.6 Å². The molecule has 1 saturated heterocycles. The first kappa shape index (κ1) is 20.1. The number of carbonyl (C=O) groups excluding carboxylic acids is 3. The Bertz CT molecular complexity index is 830. The maximum absolute atomic E-state index is 12.6. The smallest absolute Gasteiger partial charge is 0.323 e. The number of benzene rings is 1. The van der Waals surface area contributed by atoms with E-state index in [1.807, 2.05) is 13.8 Å². The summed E-state index contributed by atoms with van der Waals surface area (Å²) in [6.07, 6.45) is 2.36. The van der Waals surface area contributed by atoms with Crippen LogP contribution in [-0.2, 0) is 14.6 Å². The van der Waals surface area contributed by atoms with Crippen LogP contribution in [0, 0.1) is 5.92 Å². The SMILES string of the molecule is CC(C)CC[C@@]1(C)NC(=O)N(CC(=O)c2ccc(S(C)(=O)=O)cc2)C1=O. The molecule has 1 aliphatic heterocycles. The zero-order valence-electron chi connectivity index (χ0n) is 15.4. The predicted octanol–water partition coefficient (Wildman–Crippen LogP) is 2.02. The molecule has 0 radical (unpaired) electrons. The van der Waals surface area contributed by atoms with Gasteiger partial charge in [-0.15, -0.1) is 0 Å². The van der Waals surface area contributed by atoms with E-state index >= 15 is 0 Å². The molecule has 1 aromatic carbocycles. The van der Waals surface area contributed by atoms with Crippen LogP contribution >= 0.6 is 0 Å². The molecule has 2 rings (SSSR count). The third-order valence-electron chi connectivity index (χ3n) is 4.47. The van der Waals surface area contributed by atoms with Crippen LogP contribution in [0.5, 0.6) is 0 Å². The topological polar surface area (TPSA) is 101 Å². The number of hydrogen-bond acceptors (Lipinski definition) is 5. The first-order valence-electron chi connectivity index (χ1n) is 8.41. The van der Waals surface area contributed by atoms with E-state index in [2.05, 4.69) is 5.32 Å². The van der Waals surface area contributed by atoms with E-state index < -0.39 is 33.1 Å². The minimum atomic E-state index is -3.35. The maximum atomic E-state index is 12.6. The highest BCUT2D eigenvalue weighted by Crippen LogP contribution is 2.25. The summed E-state index contributed by atoms with van der Waals surface area (Å²) in [5.74, 6) is -0.452. The van der Waals surface area contributed by atoms with Crippen molar-refractivity contribution < 1.29 is 22.8 Å². The average Bonchev–Trinajstić information content (AvgIpc) is 2.76. The van der Waals surface area contributed by atoms with E-state index in [1.165, 1.54) is 24.3 Å². The van der Waals surface area contributed by atoms with E-state index in [1.54, 1.807) is 6.92 Å². The van der Waals surface area contributed by atoms with Crippen LogP contribution in [0.1, 0.15) is 44.0 Å². The second-order valence-corrected chi connectivity index (χ2v) is 9.32. The second-order valence-electron chi connectivity index (χ2n) is 7.31. The molecular weight excluding hydrogens is 356 g/mol. The fourth-order valence-corrected chi connectivity index (χ4v) is 3.39. The first-order chi connectivity index (χ1) is 11.9. The Hall–Kier alpha value is -2.22. The molecule has 1 aliphatic rings. The van der Waals surface area contributed by atoms with Gasteiger partial charge in [-0.3, -0.25) is 14.5 Å². The molecule has 7 nitrogen and oxygen atoms in total. The fraction of sp³-hybridized carbons (Fsp3) is 0.500. The van der Waals surface area contributed by atoms with Gasteiger partial charge in [-0.2, -0.15) is 0 Å². The third kappa shape index (κ3) is 4.30. The lowest BCUT2D eigenvalue weighted by atomic mass is 9.92. The Labute approximate surface area is 153 Å². The highest BCUT2D eigenvalue weighted by Gasteiger charge is 2.47. The lowest BCUT2D eigenvalue weighted by Crippen LogP contribution is -2.44. The number of nitrogens with zero attached hydrogens (tertiary/aromatic N) is 1. The van der Waals surface area contributed by atoms with Crippen molar-refractivity contribution >= 4 is 27.6 Å². The Balaban J connectivity index is 2.11. The first-order valence-corrected chi connectivity index (χ1v) is 10.3. The molecule has 0 unspecified atom stereocenters. The van der Waals surface area contributed by atoms with Crippen LogP contribution in [0.4, 0.5) is 4.79 Å². The number of rotatable bonds is 7. The van der Waals surface area contributed by atoms with Crippen LogP contribution < -0.4 is 5.32 Å². The molecule has 0 bridgehead atoms. The molecule has 8 heteroatoms. The van der Waals surface area contributed by atoms with Crippen molar-refractivity contribution in [1.82, 2.24) is 10.2 Å². The normalized spacial score (nSPS) is 20.6. The Kier molecular flexibility index (Phi) is 5.55. The number of sulfone groups is 1. The third-order valence-corrected chi connectivity index (χ3v) is 5.60. The standard InChI is InChI=1S/C18H24N2O5S/c1-12(2)9-10-18(3)16(22)20(17(23)19-18)11-15(21)13-5-7-14(8-6-13)26(4,24)25/h5-8,12H,9-11H2,1-4H3,(H,19,23)/t18-/m1/s1. The Morgan fingerprint density at radius 3 is 2.27 bits per heavy atom. The van der Waals surface area contributed by atoms with Gasteiger partial charge in [0.2, 0.25) is 0 Å². The lowest BCUT2D eigenvalue weighted by molar-refractivity contribution is -0.130. The monoisotopic (exact) mass is 380 g/mol. The molecule has 0 aromatic heterocycles. The van der Waals surface area contributed by atoms with Gasteiger partial charge in [0, 0.05) is 11.8 Å². The zero-order chi connectivity index (χ0) is 19.7. The molecule has 0 spiro atoms. The average molecular weight is 380 g/mol. The van der Waals surface area contributed by atoms with Crippen molar-refractivity contribution in [3.63, 3.8) is 0 Å². The van der Waals surface area contributed by atoms with Gasteiger partial charge >= 0.3 is 6.03 Å². The minimum Gasteiger partial charge on any atom is -0.323 e. The summed E-state index contributed by atoms with van der Waals surface area (Å²) in [4.78, 5) is 38.2. The van der Waals surface area contributed by atoms with E-state index in [0.29, 0.717) is 12.3 Å². The van der Waals surface area contributed by atoms with Gasteiger partial charge in [0.1, 0.15) is 5.54 Å². The predicted molar refractivity (Wildman–Crippen MR) is 96.6 cm³/mol. The summed E-state index contributed by atoms with van der Waals surface area (Å²) in [5, 5.41) is 2.68. The molecule has 1 aromatic rings. The summed E-state index contributed by atoms with van der Waals surface area (Å²) < 4.78 is 22.9. The quantitative estimate of drug-likeness (QED) is 0.576. The van der Waals surface area contributed by atoms with Crippen LogP contribution in [0.15, 0.2) is 29.2 Å². The number of amides is 3. The number of ketones is 1. The molecule has 26 heavy (non-hydrogen) atoms. The van der Waals surface area contributed by atoms with Crippen LogP contribution in [0.2, 0.25) is 0 Å². The maximum Gasteiger partial charge on any atom is 0.325 e. The molecule has 1 atom stereocenters. The minimum absolute atomic E-state index is 0.102. The van der Waals surface area contributed by atoms with Crippen molar-refractivity contribution in [2.75, 3.05) is 12.8 Å². The summed E-state index contributed by atoms with van der Waals surface area (Å²) in [6.45, 7) is 5.36. The van der Waals surface area contributed by atoms with Gasteiger partial charge in [0.05, 0.1) is 11.4 Å². The number of Topliss-reactive ketones (excluding diaryl/α,β-unsaturated/α-hetero) is 1. The van der Waals surface area contributed by atoms with Crippen molar-refractivity contribution in [3.8, 4) is 0 Å². The number of imide groups is 1. The highest BCUT2D eigenvalue weighted by atomic mass is 32.2. The number of nitrogens with one attached hydrogen (secondary N) is 1. The van der Waals surface area contributed by atoms with E-state index in [4.69, 9.17) is 0 Å². The van der Waals surface area contributed by atoms with Gasteiger partial charge in [0.25, 0.3) is 5.91 Å². The fourth-order valence-electron chi connectivity index (χ4n) is 2.76. The van der Waals surface area contributed by atoms with Crippen LogP contribution in [-0.4, -0.2) is 49.4 Å². The molecule has 1 heterocycles. The van der Waals surface area contributed by atoms with E-state index in [9.17, 15) is 22.8 Å². The molecule has 1 fully saturated rings. The number of carbonyl (C=O) groups is 3. The molecular formula is C18H24N2O5S. The highest BCUT2D eigenvalue weighted by molar-refractivity contribution is 7.90. The van der Waals surface area contributed by atoms with Crippen molar-refractivity contribution in [3.05, 3.63) is 29.8 Å². The summed E-state index contributed by atoms with van der Waals surface area (Å²) >= 11 is 0. The van der Waals surface area contributed by atoms with E-state index in [-0.39, 0.29) is 17.0 Å². The second kappa shape index (κ2) is 7.19. The Morgan fingerprint density at radius 1 is 1.19 bits per heavy atom. The number of urea groups is 1. The van der Waals surface area contributed by atoms with Gasteiger partial charge in [-0.25, -0.2) is 13.2 Å². The van der Waals surface area contributed by atoms with Crippen molar-refractivity contribution in [2.45, 2.75) is 44.0 Å². The zero-order valence-corrected chi connectivity index (χ0v) is 16.2. The van der Waals surface area contributed by atoms with Crippen LogP contribution in [0.25, 0.3) is 0 Å². The Morgan fingerprint density at radius 2 is 1.77 bits per heavy atom. The van der Waals surface area contributed by atoms with Crippen molar-refractivity contribution in [2.24, 2.45) is 5.92 Å². The lowest BCUT2D eigenvalue weighted by Gasteiger charge is -2.22. The van der Waals surface area contributed by atoms with Gasteiger partial charge in [-0.1, -0.05) is 26.0 Å². The van der Waals surface area contributed by atoms with Crippen LogP contribution in [0.3, 0.4) is 0 Å². The summed E-state index contributed by atoms with van der Waals surface area (Å²) in [6, 6.07) is 4.86. The number of hydrogen-bond donors (Lipinski definition) is 1. The summed E-state index contributed by atoms with van der Waals surface area (Å²) in [7, 11) is -3.35. The van der Waals surface area contributed by atoms with Gasteiger partial charge in [-0.05, 0) is 37.8 Å². The van der Waals surface area contributed by atoms with Crippen molar-refractivity contribution in [1.29, 1.82) is 0 Å². The molecule has 3 amide bonds. The largest absolute Gasteiger partial charge is 0.325 e. The molecule has 0 saturated carbocycles. The van der Waals surface area contributed by atoms with Gasteiger partial charge in [0.15, 0.2) is 15.6 Å². The van der Waals surface area contributed by atoms with Gasteiger partial charge < -0.3 is 5.32 Å². The molecule has 1 N–H and O–H groups in total. The molecule has 142 valence electrons. The molecule has 0 aliphatic carbocycles.